The van der Waals surface area contributed by atoms with Crippen molar-refractivity contribution >= 4 is 102 Å². The van der Waals surface area contributed by atoms with Crippen LogP contribution in [0.2, 0.25) is 0 Å². The molecule has 0 saturated heterocycles. The molecule has 10 rings (SSSR count). The second-order valence-corrected chi connectivity index (χ2v) is 15.2. The fourth-order valence-corrected chi connectivity index (χ4v) is 9.79. The predicted molar refractivity (Wildman–Crippen MR) is 230 cm³/mol. The lowest BCUT2D eigenvalue weighted by Gasteiger charge is -2.11. The topological polar surface area (TPSA) is 63.6 Å². The molecule has 4 nitrogen and oxygen atoms in total. The highest BCUT2D eigenvalue weighted by atomic mass is 32.1. The molecule has 3 heterocycles. The molecule has 0 aliphatic heterocycles. The maximum atomic E-state index is 6.94. The van der Waals surface area contributed by atoms with Gasteiger partial charge in [0, 0.05) is 68.0 Å². The Labute approximate surface area is 313 Å². The van der Waals surface area contributed by atoms with Crippen LogP contribution in [0, 0.1) is 0 Å². The number of hydrogen-bond acceptors (Lipinski definition) is 4. The molecular weight excluding hydrogens is 685 g/mol. The molecule has 53 heavy (non-hydrogen) atoms. The van der Waals surface area contributed by atoms with Gasteiger partial charge in [0.15, 0.2) is 5.84 Å². The Morgan fingerprint density at radius 2 is 1.23 bits per heavy atom. The lowest BCUT2D eigenvalue weighted by molar-refractivity contribution is 1.44. The number of thiophene rings is 2. The standard InChI is InChI=1S/C47H30N4S2/c1-28(32-20-12-22-36-34-18-8-10-24-40(34)52-44(32)36)49-47(30-14-3-2-4-15-30)51-46(48)31-25-26-41-38(27-31)42-43(35-21-11-16-29-13-5-6-17-33(29)35)50-39-23-9-7-19-37(39)45(42)53-41/h2-27H,1H2,(H2,48,49,51). The highest BCUT2D eigenvalue weighted by molar-refractivity contribution is 7.27. The van der Waals surface area contributed by atoms with Crippen molar-refractivity contribution in [2.45, 2.75) is 0 Å². The maximum absolute atomic E-state index is 6.94. The first kappa shape index (κ1) is 31.3. The molecule has 0 radical (unpaired) electrons. The van der Waals surface area contributed by atoms with Crippen LogP contribution in [-0.4, -0.2) is 16.7 Å². The Balaban J connectivity index is 1.14. The van der Waals surface area contributed by atoms with Crippen LogP contribution in [-0.2, 0) is 0 Å². The van der Waals surface area contributed by atoms with Crippen molar-refractivity contribution in [3.8, 4) is 11.3 Å². The monoisotopic (exact) mass is 714 g/mol. The van der Waals surface area contributed by atoms with E-state index in [2.05, 4.69) is 134 Å². The zero-order valence-electron chi connectivity index (χ0n) is 28.5. The lowest BCUT2D eigenvalue weighted by Crippen LogP contribution is -2.16. The van der Waals surface area contributed by atoms with E-state index in [1.165, 1.54) is 30.9 Å². The van der Waals surface area contributed by atoms with Crippen LogP contribution >= 0.6 is 22.7 Å². The van der Waals surface area contributed by atoms with Crippen LogP contribution in [0.5, 0.6) is 0 Å². The van der Waals surface area contributed by atoms with Crippen LogP contribution in [0.4, 0.5) is 0 Å². The van der Waals surface area contributed by atoms with Crippen LogP contribution in [0.3, 0.4) is 0 Å². The summed E-state index contributed by atoms with van der Waals surface area (Å²) in [6, 6.07) is 54.5. The molecule has 0 amide bonds. The van der Waals surface area contributed by atoms with E-state index in [-0.39, 0.29) is 0 Å². The molecule has 0 unspecified atom stereocenters. The summed E-state index contributed by atoms with van der Waals surface area (Å²) in [4.78, 5) is 15.4. The molecule has 10 aromatic rings. The molecule has 3 aromatic heterocycles. The van der Waals surface area contributed by atoms with Gasteiger partial charge in [-0.25, -0.2) is 15.0 Å². The summed E-state index contributed by atoms with van der Waals surface area (Å²) in [7, 11) is 0. The van der Waals surface area contributed by atoms with Gasteiger partial charge >= 0.3 is 0 Å². The van der Waals surface area contributed by atoms with Crippen molar-refractivity contribution in [3.63, 3.8) is 0 Å². The number of benzene rings is 7. The van der Waals surface area contributed by atoms with Gasteiger partial charge in [-0.3, -0.25) is 0 Å². The average Bonchev–Trinajstić information content (AvgIpc) is 3.79. The Hall–Kier alpha value is -6.47. The third-order valence-corrected chi connectivity index (χ3v) is 12.3. The smallest absolute Gasteiger partial charge is 0.162 e. The van der Waals surface area contributed by atoms with E-state index < -0.39 is 0 Å². The summed E-state index contributed by atoms with van der Waals surface area (Å²) in [6.45, 7) is 4.45. The molecule has 0 bridgehead atoms. The molecule has 0 fully saturated rings. The molecule has 2 N–H and O–H groups in total. The Bertz CT molecular complexity index is 3140. The Kier molecular flexibility index (Phi) is 7.46. The number of hydrogen-bond donors (Lipinski definition) is 1. The van der Waals surface area contributed by atoms with Crippen LogP contribution in [0.25, 0.3) is 79.0 Å². The quantitative estimate of drug-likeness (QED) is 0.142. The van der Waals surface area contributed by atoms with Gasteiger partial charge in [-0.15, -0.1) is 22.7 Å². The third-order valence-electron chi connectivity index (χ3n) is 9.86. The van der Waals surface area contributed by atoms with E-state index in [0.29, 0.717) is 17.4 Å². The van der Waals surface area contributed by atoms with Crippen molar-refractivity contribution in [2.75, 3.05) is 0 Å². The highest BCUT2D eigenvalue weighted by Crippen LogP contribution is 2.44. The zero-order valence-corrected chi connectivity index (χ0v) is 30.1. The molecule has 0 atom stereocenters. The summed E-state index contributed by atoms with van der Waals surface area (Å²) < 4.78 is 4.77. The zero-order chi connectivity index (χ0) is 35.5. The number of para-hydroxylation sites is 1. The van der Waals surface area contributed by atoms with Gasteiger partial charge in [0.05, 0.1) is 16.9 Å². The first-order valence-electron chi connectivity index (χ1n) is 17.4. The summed E-state index contributed by atoms with van der Waals surface area (Å²) in [5.74, 6) is 0.882. The van der Waals surface area contributed by atoms with E-state index in [0.717, 1.165) is 59.0 Å². The largest absolute Gasteiger partial charge is 0.383 e. The molecule has 0 spiro atoms. The number of rotatable bonds is 5. The van der Waals surface area contributed by atoms with Crippen LogP contribution in [0.15, 0.2) is 174 Å². The maximum Gasteiger partial charge on any atom is 0.162 e. The minimum absolute atomic E-state index is 0.377. The van der Waals surface area contributed by atoms with Gasteiger partial charge in [-0.05, 0) is 41.1 Å². The van der Waals surface area contributed by atoms with Crippen LogP contribution in [0.1, 0.15) is 16.7 Å². The SMILES string of the molecule is C=C(N=C(N=C(N)c1ccc2sc3c4ccccc4nc(-c4cccc5ccccc45)c3c2c1)c1ccccc1)c1cccc2c1sc1ccccc12. The van der Waals surface area contributed by atoms with Gasteiger partial charge in [0.2, 0.25) is 0 Å². The number of aliphatic imine (C=N–C) groups is 2. The van der Waals surface area contributed by atoms with Gasteiger partial charge in [0.25, 0.3) is 0 Å². The fourth-order valence-electron chi connectivity index (χ4n) is 7.33. The minimum atomic E-state index is 0.377. The van der Waals surface area contributed by atoms with E-state index in [1.807, 2.05) is 30.3 Å². The minimum Gasteiger partial charge on any atom is -0.383 e. The lowest BCUT2D eigenvalue weighted by atomic mass is 9.97. The third kappa shape index (κ3) is 5.30. The number of nitrogens with two attached hydrogens (primary N) is 1. The van der Waals surface area contributed by atoms with Crippen molar-refractivity contribution in [3.05, 3.63) is 181 Å². The van der Waals surface area contributed by atoms with Gasteiger partial charge in [0.1, 0.15) is 5.84 Å². The van der Waals surface area contributed by atoms with Crippen molar-refractivity contribution < 1.29 is 0 Å². The Morgan fingerprint density at radius 1 is 0.547 bits per heavy atom. The average molecular weight is 715 g/mol. The fraction of sp³-hybridized carbons (Fsp3) is 0. The molecule has 7 aromatic carbocycles. The number of nitrogens with zero attached hydrogens (tertiary/aromatic N) is 3. The molecule has 0 saturated carbocycles. The number of aromatic nitrogens is 1. The second kappa shape index (κ2) is 12.6. The summed E-state index contributed by atoms with van der Waals surface area (Å²) in [5.41, 5.74) is 13.3. The molecular formula is C47H30N4S2. The van der Waals surface area contributed by atoms with E-state index in [1.54, 1.807) is 22.7 Å². The Morgan fingerprint density at radius 3 is 2.11 bits per heavy atom. The van der Waals surface area contributed by atoms with Crippen molar-refractivity contribution in [2.24, 2.45) is 15.7 Å². The summed E-state index contributed by atoms with van der Waals surface area (Å²) >= 11 is 3.55. The summed E-state index contributed by atoms with van der Waals surface area (Å²) in [5, 5.41) is 8.15. The first-order valence-corrected chi connectivity index (χ1v) is 19.1. The van der Waals surface area contributed by atoms with E-state index in [4.69, 9.17) is 20.7 Å². The highest BCUT2D eigenvalue weighted by Gasteiger charge is 2.19. The molecule has 0 aliphatic rings. The number of fused-ring (bicyclic) bond motifs is 9. The number of pyridine rings is 1. The van der Waals surface area contributed by atoms with Crippen LogP contribution < -0.4 is 5.73 Å². The predicted octanol–water partition coefficient (Wildman–Crippen LogP) is 12.6. The van der Waals surface area contributed by atoms with Crippen molar-refractivity contribution in [1.29, 1.82) is 0 Å². The normalized spacial score (nSPS) is 12.5. The van der Waals surface area contributed by atoms with Crippen molar-refractivity contribution in [1.82, 2.24) is 4.98 Å². The molecule has 6 heteroatoms. The first-order chi connectivity index (χ1) is 26.1. The van der Waals surface area contributed by atoms with Gasteiger partial charge in [-0.2, -0.15) is 0 Å². The second-order valence-electron chi connectivity index (χ2n) is 13.0. The van der Waals surface area contributed by atoms with Gasteiger partial charge in [-0.1, -0.05) is 134 Å². The van der Waals surface area contributed by atoms with Gasteiger partial charge < -0.3 is 5.73 Å². The van der Waals surface area contributed by atoms with E-state index >= 15 is 0 Å². The molecule has 250 valence electrons. The number of amidine groups is 2. The molecule has 0 aliphatic carbocycles. The van der Waals surface area contributed by atoms with E-state index in [9.17, 15) is 0 Å². The summed E-state index contributed by atoms with van der Waals surface area (Å²) in [6.07, 6.45) is 0.